The van der Waals surface area contributed by atoms with Gasteiger partial charge in [-0.3, -0.25) is 40.5 Å². The highest BCUT2D eigenvalue weighted by Gasteiger charge is 2.29. The number of carboxylic acid groups (broad SMARTS) is 1. The average molecular weight is 703 g/mol. The van der Waals surface area contributed by atoms with E-state index < -0.39 is 66.5 Å². The van der Waals surface area contributed by atoms with Crippen molar-refractivity contribution in [2.75, 3.05) is 27.8 Å². The fourth-order valence-electron chi connectivity index (χ4n) is 5.34. The Balaban J connectivity index is 1.54. The van der Waals surface area contributed by atoms with Gasteiger partial charge in [-0.15, -0.1) is 0 Å². The van der Waals surface area contributed by atoms with E-state index >= 15 is 0 Å². The summed E-state index contributed by atoms with van der Waals surface area (Å²) in [5, 5.41) is 68.8. The number of carboxylic acids is 1. The van der Waals surface area contributed by atoms with Crippen LogP contribution in [0.2, 0.25) is 0 Å². The lowest BCUT2D eigenvalue weighted by molar-refractivity contribution is -0.393. The van der Waals surface area contributed by atoms with Gasteiger partial charge >= 0.3 is 5.97 Å². The number of benzene rings is 4. The molecule has 0 aliphatic heterocycles. The number of nitrogens with zero attached hydrogens (tertiary/aromatic N) is 4. The fraction of sp³-hybridized carbons (Fsp3) is 0.242. The van der Waals surface area contributed by atoms with Crippen molar-refractivity contribution >= 4 is 51.5 Å². The number of nitro benzene ring substituents is 4. The minimum atomic E-state index is -1.41. The molecule has 4 aromatic rings. The number of aliphatic carboxylic acids is 1. The molecular weight excluding hydrogens is 668 g/mol. The zero-order valence-electron chi connectivity index (χ0n) is 27.3. The van der Waals surface area contributed by atoms with E-state index in [2.05, 4.69) is 21.3 Å². The Labute approximate surface area is 290 Å². The minimum Gasteiger partial charge on any atom is -0.480 e. The van der Waals surface area contributed by atoms with Crippen molar-refractivity contribution in [2.45, 2.75) is 44.8 Å². The summed E-state index contributed by atoms with van der Waals surface area (Å²) in [6.07, 6.45) is -0.0746. The monoisotopic (exact) mass is 702 g/mol. The van der Waals surface area contributed by atoms with E-state index in [4.69, 9.17) is 0 Å². The molecule has 0 aliphatic carbocycles. The van der Waals surface area contributed by atoms with Crippen LogP contribution in [-0.4, -0.2) is 43.4 Å². The third-order valence-electron chi connectivity index (χ3n) is 7.97. The molecule has 0 saturated heterocycles. The van der Waals surface area contributed by atoms with Gasteiger partial charge in [0.1, 0.15) is 28.8 Å². The zero-order valence-corrected chi connectivity index (χ0v) is 27.3. The van der Waals surface area contributed by atoms with Crippen molar-refractivity contribution in [3.05, 3.63) is 137 Å². The van der Waals surface area contributed by atoms with Crippen LogP contribution in [0.25, 0.3) is 0 Å². The zero-order chi connectivity index (χ0) is 37.2. The van der Waals surface area contributed by atoms with Crippen LogP contribution in [0.1, 0.15) is 49.9 Å². The molecule has 0 saturated carbocycles. The van der Waals surface area contributed by atoms with Gasteiger partial charge in [0, 0.05) is 18.6 Å². The van der Waals surface area contributed by atoms with Crippen LogP contribution in [0.5, 0.6) is 0 Å². The van der Waals surface area contributed by atoms with Gasteiger partial charge in [-0.05, 0) is 49.9 Å². The first-order chi connectivity index (χ1) is 24.3. The molecule has 4 rings (SSSR count). The maximum Gasteiger partial charge on any atom is 0.326 e. The van der Waals surface area contributed by atoms with Crippen LogP contribution in [0.15, 0.2) is 84.9 Å². The summed E-state index contributed by atoms with van der Waals surface area (Å²) >= 11 is 0. The normalized spacial score (nSPS) is 12.5. The molecule has 0 heterocycles. The van der Waals surface area contributed by atoms with E-state index in [0.29, 0.717) is 0 Å². The molecule has 0 bridgehead atoms. The standard InChI is InChI=1S/C33H34N8O10/c1-20(22-10-5-3-6-11-22)35-26-16-25(29(38(44)45)18-30(26)39(46)47)34-15-9-14-24(33(42)43)37-28-17-27(31(40(48)49)19-32(28)41(50)51)36-21(2)23-12-7-4-8-13-23/h3-8,10-13,16-21,24,34-37H,9,14-15H2,1-2H3,(H,42,43)/t20-,21-,24+/m1/s1. The SMILES string of the molecule is C[C@@H](Nc1cc(NCCC[C@H](Nc2cc(N[C@H](C)c3ccccc3)c([N+](=O)[O-])cc2[N+](=O)[O-])C(=O)O)c([N+](=O)[O-])cc1[N+](=O)[O-])c1ccccc1. The highest BCUT2D eigenvalue weighted by Crippen LogP contribution is 2.39. The lowest BCUT2D eigenvalue weighted by atomic mass is 10.1. The molecule has 0 amide bonds. The first kappa shape index (κ1) is 37.0. The van der Waals surface area contributed by atoms with Gasteiger partial charge in [-0.25, -0.2) is 4.79 Å². The predicted octanol–water partition coefficient (Wildman–Crippen LogP) is 7.42. The summed E-state index contributed by atoms with van der Waals surface area (Å²) in [6, 6.07) is 19.6. The number of anilines is 4. The van der Waals surface area contributed by atoms with Gasteiger partial charge < -0.3 is 26.4 Å². The molecule has 51 heavy (non-hydrogen) atoms. The molecule has 18 heteroatoms. The molecule has 5 N–H and O–H groups in total. The van der Waals surface area contributed by atoms with Crippen molar-refractivity contribution < 1.29 is 29.6 Å². The molecular formula is C33H34N8O10. The molecule has 3 atom stereocenters. The molecule has 0 aliphatic rings. The highest BCUT2D eigenvalue weighted by molar-refractivity contribution is 5.83. The van der Waals surface area contributed by atoms with E-state index in [0.717, 1.165) is 29.3 Å². The molecule has 0 fully saturated rings. The molecule has 18 nitrogen and oxygen atoms in total. The van der Waals surface area contributed by atoms with E-state index in [-0.39, 0.29) is 42.1 Å². The Kier molecular flexibility index (Phi) is 12.0. The van der Waals surface area contributed by atoms with Crippen LogP contribution in [0, 0.1) is 40.5 Å². The van der Waals surface area contributed by atoms with Gasteiger partial charge in [0.05, 0.1) is 31.8 Å². The van der Waals surface area contributed by atoms with Crippen LogP contribution < -0.4 is 21.3 Å². The van der Waals surface area contributed by atoms with Crippen LogP contribution >= 0.6 is 0 Å². The van der Waals surface area contributed by atoms with Gasteiger partial charge in [-0.1, -0.05) is 60.7 Å². The topological polar surface area (TPSA) is 258 Å². The molecule has 0 unspecified atom stereocenters. The maximum absolute atomic E-state index is 12.2. The molecule has 0 spiro atoms. The Hall–Kier alpha value is -6.85. The molecule has 0 aromatic heterocycles. The third-order valence-corrected chi connectivity index (χ3v) is 7.97. The van der Waals surface area contributed by atoms with Crippen molar-refractivity contribution in [3.8, 4) is 0 Å². The summed E-state index contributed by atoms with van der Waals surface area (Å²) in [7, 11) is 0. The number of hydrogen-bond donors (Lipinski definition) is 5. The lowest BCUT2D eigenvalue weighted by Gasteiger charge is -2.19. The van der Waals surface area contributed by atoms with Crippen molar-refractivity contribution in [2.24, 2.45) is 0 Å². The number of hydrogen-bond acceptors (Lipinski definition) is 13. The second kappa shape index (κ2) is 16.5. The number of nitro groups is 4. The first-order valence-electron chi connectivity index (χ1n) is 15.6. The van der Waals surface area contributed by atoms with Gasteiger partial charge in [0.2, 0.25) is 0 Å². The molecule has 4 aromatic carbocycles. The van der Waals surface area contributed by atoms with E-state index in [1.165, 1.54) is 6.07 Å². The largest absolute Gasteiger partial charge is 0.480 e. The third kappa shape index (κ3) is 9.40. The summed E-state index contributed by atoms with van der Waals surface area (Å²) in [5.41, 5.74) is -1.17. The molecule has 0 radical (unpaired) electrons. The minimum absolute atomic E-state index is 0.0195. The van der Waals surface area contributed by atoms with Gasteiger partial charge in [0.15, 0.2) is 0 Å². The average Bonchev–Trinajstić information content (AvgIpc) is 3.09. The van der Waals surface area contributed by atoms with Crippen molar-refractivity contribution in [3.63, 3.8) is 0 Å². The summed E-state index contributed by atoms with van der Waals surface area (Å²) in [5.74, 6) is -1.38. The maximum atomic E-state index is 12.2. The van der Waals surface area contributed by atoms with Crippen LogP contribution in [-0.2, 0) is 4.79 Å². The van der Waals surface area contributed by atoms with Gasteiger partial charge in [-0.2, -0.15) is 0 Å². The van der Waals surface area contributed by atoms with Gasteiger partial charge in [0.25, 0.3) is 22.7 Å². The predicted molar refractivity (Wildman–Crippen MR) is 189 cm³/mol. The van der Waals surface area contributed by atoms with E-state index in [1.807, 2.05) is 18.2 Å². The second-order valence-corrected chi connectivity index (χ2v) is 11.5. The highest BCUT2D eigenvalue weighted by atomic mass is 16.6. The number of nitrogens with one attached hydrogen (secondary N) is 4. The Bertz CT molecular complexity index is 1930. The summed E-state index contributed by atoms with van der Waals surface area (Å²) in [4.78, 5) is 56.5. The Morgan fingerprint density at radius 2 is 0.980 bits per heavy atom. The Morgan fingerprint density at radius 3 is 1.37 bits per heavy atom. The second-order valence-electron chi connectivity index (χ2n) is 11.5. The Morgan fingerprint density at radius 1 is 0.608 bits per heavy atom. The molecule has 266 valence electrons. The fourth-order valence-corrected chi connectivity index (χ4v) is 5.34. The van der Waals surface area contributed by atoms with Crippen LogP contribution in [0.4, 0.5) is 45.5 Å². The summed E-state index contributed by atoms with van der Waals surface area (Å²) in [6.45, 7) is 3.48. The first-order valence-corrected chi connectivity index (χ1v) is 15.6. The lowest BCUT2D eigenvalue weighted by Crippen LogP contribution is -2.30. The number of carbonyl (C=O) groups is 1. The van der Waals surface area contributed by atoms with Crippen LogP contribution in [0.3, 0.4) is 0 Å². The number of rotatable bonds is 18. The van der Waals surface area contributed by atoms with Crippen molar-refractivity contribution in [1.29, 1.82) is 0 Å². The summed E-state index contributed by atoms with van der Waals surface area (Å²) < 4.78 is 0. The quantitative estimate of drug-likeness (QED) is 0.0384. The van der Waals surface area contributed by atoms with E-state index in [9.17, 15) is 50.4 Å². The van der Waals surface area contributed by atoms with E-state index in [1.54, 1.807) is 56.3 Å². The van der Waals surface area contributed by atoms with Crippen molar-refractivity contribution in [1.82, 2.24) is 0 Å². The smallest absolute Gasteiger partial charge is 0.326 e.